The zero-order valence-corrected chi connectivity index (χ0v) is 18.7. The van der Waals surface area contributed by atoms with Crippen molar-refractivity contribution in [2.24, 2.45) is 11.0 Å². The van der Waals surface area contributed by atoms with Crippen molar-refractivity contribution in [1.29, 1.82) is 0 Å². The molecule has 0 bridgehead atoms. The van der Waals surface area contributed by atoms with Gasteiger partial charge < -0.3 is 4.90 Å². The summed E-state index contributed by atoms with van der Waals surface area (Å²) in [4.78, 5) is 26.2. The maximum atomic E-state index is 13.2. The Morgan fingerprint density at radius 1 is 1.09 bits per heavy atom. The summed E-state index contributed by atoms with van der Waals surface area (Å²) in [6.07, 6.45) is 3.37. The molecule has 2 aliphatic heterocycles. The molecule has 0 N–H and O–H groups in total. The van der Waals surface area contributed by atoms with Crippen molar-refractivity contribution < 1.29 is 9.72 Å². The van der Waals surface area contributed by atoms with Crippen LogP contribution in [0.25, 0.3) is 0 Å². The minimum atomic E-state index is -0.408. The average Bonchev–Trinajstić information content (AvgIpc) is 3.24. The molecule has 168 valence electrons. The van der Waals surface area contributed by atoms with Crippen molar-refractivity contribution in [2.45, 2.75) is 45.6 Å². The number of nitrogens with zero attached hydrogens (tertiary/aromatic N) is 4. The maximum Gasteiger partial charge on any atom is 0.269 e. The quantitative estimate of drug-likeness (QED) is 0.487. The lowest BCUT2D eigenvalue weighted by molar-refractivity contribution is -0.384. The van der Waals surface area contributed by atoms with Crippen LogP contribution < -0.4 is 0 Å². The highest BCUT2D eigenvalue weighted by Crippen LogP contribution is 2.34. The Bertz CT molecular complexity index is 993. The van der Waals surface area contributed by atoms with E-state index in [1.165, 1.54) is 30.5 Å². The second-order valence-electron chi connectivity index (χ2n) is 8.99. The monoisotopic (exact) mass is 434 g/mol. The van der Waals surface area contributed by atoms with Gasteiger partial charge in [-0.05, 0) is 49.9 Å². The minimum absolute atomic E-state index is 0.00548. The van der Waals surface area contributed by atoms with Crippen molar-refractivity contribution >= 4 is 17.3 Å². The molecule has 0 aromatic heterocycles. The molecule has 1 atom stereocenters. The van der Waals surface area contributed by atoms with Gasteiger partial charge in [-0.15, -0.1) is 0 Å². The first-order valence-electron chi connectivity index (χ1n) is 11.3. The predicted molar refractivity (Wildman–Crippen MR) is 124 cm³/mol. The molecule has 1 amide bonds. The number of rotatable bonds is 6. The number of carbonyl (C=O) groups excluding carboxylic acids is 1. The smallest absolute Gasteiger partial charge is 0.269 e. The van der Waals surface area contributed by atoms with E-state index in [2.05, 4.69) is 11.8 Å². The second kappa shape index (κ2) is 9.61. The summed E-state index contributed by atoms with van der Waals surface area (Å²) in [6.45, 7) is 7.14. The van der Waals surface area contributed by atoms with Crippen molar-refractivity contribution in [2.75, 3.05) is 19.6 Å². The van der Waals surface area contributed by atoms with Crippen LogP contribution in [0.4, 0.5) is 5.69 Å². The Hall–Kier alpha value is -3.06. The third kappa shape index (κ3) is 5.05. The fraction of sp³-hybridized carbons (Fsp3) is 0.440. The number of likely N-dealkylation sites (tertiary alicyclic amines) is 1. The van der Waals surface area contributed by atoms with Crippen LogP contribution in [0.1, 0.15) is 55.3 Å². The summed E-state index contributed by atoms with van der Waals surface area (Å²) < 4.78 is 0. The number of nitro benzene ring substituents is 1. The van der Waals surface area contributed by atoms with Gasteiger partial charge in [-0.3, -0.25) is 14.9 Å². The van der Waals surface area contributed by atoms with E-state index in [9.17, 15) is 14.9 Å². The molecule has 1 saturated heterocycles. The van der Waals surface area contributed by atoms with E-state index in [0.29, 0.717) is 12.8 Å². The number of amides is 1. The third-order valence-corrected chi connectivity index (χ3v) is 6.56. The number of aryl methyl sites for hydroxylation is 1. The molecule has 0 aliphatic carbocycles. The number of hydrogen-bond donors (Lipinski definition) is 0. The van der Waals surface area contributed by atoms with Crippen molar-refractivity contribution in [3.8, 4) is 0 Å². The van der Waals surface area contributed by atoms with E-state index in [1.54, 1.807) is 17.1 Å². The van der Waals surface area contributed by atoms with E-state index in [1.807, 2.05) is 31.2 Å². The van der Waals surface area contributed by atoms with Crippen LogP contribution in [0.3, 0.4) is 0 Å². The normalized spacial score (nSPS) is 19.8. The molecule has 32 heavy (non-hydrogen) atoms. The first-order chi connectivity index (χ1) is 15.4. The highest BCUT2D eigenvalue weighted by atomic mass is 16.6. The molecule has 0 radical (unpaired) electrons. The molecule has 0 spiro atoms. The standard InChI is InChI=1S/C25H30N4O3/c1-18-3-5-20(6-4-18)23-17-24(21-7-9-22(10-8-21)29(31)32)28(26-23)25(30)13-16-27-14-11-19(2)12-15-27/h3-10,19,24H,11-17H2,1-2H3/t24-/m1/s1. The zero-order chi connectivity index (χ0) is 22.7. The SMILES string of the molecule is Cc1ccc(C2=NN(C(=O)CCN3CCC(C)CC3)[C@@H](c3ccc([N+](=O)[O-])cc3)C2)cc1. The Labute approximate surface area is 188 Å². The Morgan fingerprint density at radius 3 is 2.38 bits per heavy atom. The predicted octanol–water partition coefficient (Wildman–Crippen LogP) is 4.70. The van der Waals surface area contributed by atoms with Gasteiger partial charge in [0.15, 0.2) is 0 Å². The Kier molecular flexibility index (Phi) is 6.65. The second-order valence-corrected chi connectivity index (χ2v) is 8.99. The molecule has 7 nitrogen and oxygen atoms in total. The van der Waals surface area contributed by atoms with Crippen LogP contribution in [-0.4, -0.2) is 46.1 Å². The van der Waals surface area contributed by atoms with Gasteiger partial charge in [0, 0.05) is 31.5 Å². The van der Waals surface area contributed by atoms with E-state index < -0.39 is 4.92 Å². The first-order valence-corrected chi connectivity index (χ1v) is 11.3. The van der Waals surface area contributed by atoms with Gasteiger partial charge in [0.2, 0.25) is 5.91 Å². The molecule has 0 saturated carbocycles. The van der Waals surface area contributed by atoms with Crippen molar-refractivity contribution in [3.63, 3.8) is 0 Å². The molecule has 2 heterocycles. The average molecular weight is 435 g/mol. The molecule has 2 aromatic rings. The molecular formula is C25H30N4O3. The summed E-state index contributed by atoms with van der Waals surface area (Å²) >= 11 is 0. The van der Waals surface area contributed by atoms with Gasteiger partial charge in [-0.1, -0.05) is 48.9 Å². The summed E-state index contributed by atoms with van der Waals surface area (Å²) in [5.41, 5.74) is 3.95. The number of piperidine rings is 1. The lowest BCUT2D eigenvalue weighted by atomic mass is 9.97. The number of hydrogen-bond acceptors (Lipinski definition) is 5. The molecule has 1 fully saturated rings. The zero-order valence-electron chi connectivity index (χ0n) is 18.7. The van der Waals surface area contributed by atoms with Gasteiger partial charge in [0.05, 0.1) is 16.7 Å². The number of nitro groups is 1. The topological polar surface area (TPSA) is 79.0 Å². The van der Waals surface area contributed by atoms with Crippen molar-refractivity contribution in [1.82, 2.24) is 9.91 Å². The first kappa shape index (κ1) is 22.1. The summed E-state index contributed by atoms with van der Waals surface area (Å²) in [6, 6.07) is 14.4. The van der Waals surface area contributed by atoms with E-state index >= 15 is 0 Å². The van der Waals surface area contributed by atoms with Gasteiger partial charge >= 0.3 is 0 Å². The molecule has 7 heteroatoms. The highest BCUT2D eigenvalue weighted by molar-refractivity contribution is 6.03. The van der Waals surface area contributed by atoms with Crippen LogP contribution >= 0.6 is 0 Å². The summed E-state index contributed by atoms with van der Waals surface area (Å²) in [5, 5.41) is 17.4. The number of hydrazone groups is 1. The summed E-state index contributed by atoms with van der Waals surface area (Å²) in [5.74, 6) is 0.753. The molecule has 0 unspecified atom stereocenters. The number of benzene rings is 2. The lowest BCUT2D eigenvalue weighted by Gasteiger charge is -2.30. The van der Waals surface area contributed by atoms with Gasteiger partial charge in [-0.2, -0.15) is 5.10 Å². The number of carbonyl (C=O) groups is 1. The van der Waals surface area contributed by atoms with Crippen LogP contribution in [0.2, 0.25) is 0 Å². The Morgan fingerprint density at radius 2 is 1.75 bits per heavy atom. The fourth-order valence-electron chi connectivity index (χ4n) is 4.39. The highest BCUT2D eigenvalue weighted by Gasteiger charge is 2.33. The van der Waals surface area contributed by atoms with Gasteiger partial charge in [0.1, 0.15) is 0 Å². The molecular weight excluding hydrogens is 404 g/mol. The Balaban J connectivity index is 1.53. The fourth-order valence-corrected chi connectivity index (χ4v) is 4.39. The van der Waals surface area contributed by atoms with Crippen molar-refractivity contribution in [3.05, 3.63) is 75.3 Å². The van der Waals surface area contributed by atoms with E-state index in [4.69, 9.17) is 5.10 Å². The van der Waals surface area contributed by atoms with Crippen LogP contribution in [-0.2, 0) is 4.79 Å². The third-order valence-electron chi connectivity index (χ3n) is 6.56. The summed E-state index contributed by atoms with van der Waals surface area (Å²) in [7, 11) is 0. The van der Waals surface area contributed by atoms with Crippen LogP contribution in [0.5, 0.6) is 0 Å². The molecule has 4 rings (SSSR count). The maximum absolute atomic E-state index is 13.2. The molecule has 2 aliphatic rings. The van der Waals surface area contributed by atoms with E-state index in [-0.39, 0.29) is 17.6 Å². The van der Waals surface area contributed by atoms with Crippen LogP contribution in [0, 0.1) is 23.0 Å². The van der Waals surface area contributed by atoms with Crippen LogP contribution in [0.15, 0.2) is 53.6 Å². The van der Waals surface area contributed by atoms with E-state index in [0.717, 1.165) is 42.4 Å². The minimum Gasteiger partial charge on any atom is -0.303 e. The molecule has 2 aromatic carbocycles. The van der Waals surface area contributed by atoms with Gasteiger partial charge in [-0.25, -0.2) is 5.01 Å². The number of non-ortho nitro benzene ring substituents is 1. The largest absolute Gasteiger partial charge is 0.303 e. The van der Waals surface area contributed by atoms with Gasteiger partial charge in [0.25, 0.3) is 5.69 Å². The lowest BCUT2D eigenvalue weighted by Crippen LogP contribution is -2.36.